The molecule has 3 aromatic rings. The fourth-order valence-electron chi connectivity index (χ4n) is 3.40. The molecule has 1 atom stereocenters. The highest BCUT2D eigenvalue weighted by Gasteiger charge is 2.35. The van der Waals surface area contributed by atoms with Gasteiger partial charge in [0.15, 0.2) is 0 Å². The van der Waals surface area contributed by atoms with Crippen molar-refractivity contribution < 1.29 is 14.3 Å². The first-order valence-electron chi connectivity index (χ1n) is 9.88. The van der Waals surface area contributed by atoms with Crippen molar-refractivity contribution in [1.82, 2.24) is 5.43 Å². The smallest absolute Gasteiger partial charge is 0.243 e. The molecule has 3 aromatic carbocycles. The minimum Gasteiger partial charge on any atom is -0.487 e. The number of carbonyl (C=O) groups is 2. The van der Waals surface area contributed by atoms with Gasteiger partial charge in [0.2, 0.25) is 11.8 Å². The van der Waals surface area contributed by atoms with Crippen LogP contribution < -0.4 is 20.5 Å². The number of hydrazine groups is 1. The summed E-state index contributed by atoms with van der Waals surface area (Å²) in [5, 5.41) is 0. The standard InChI is InChI=1S/C24H23N3O3/c28-23-15-19(16-27(23)20-11-5-2-6-12-20)24(29)26-25-21-13-7-8-14-22(21)30-17-18-9-3-1-4-10-18/h1-14,19,25H,15-17H2,(H,26,29)/t19-/m1/s1. The molecule has 1 saturated heterocycles. The molecule has 4 rings (SSSR count). The third-order valence-corrected chi connectivity index (χ3v) is 5.01. The second-order valence-corrected chi connectivity index (χ2v) is 7.13. The average Bonchev–Trinajstić information content (AvgIpc) is 3.19. The maximum atomic E-state index is 12.6. The number of nitrogens with one attached hydrogen (secondary N) is 2. The van der Waals surface area contributed by atoms with Gasteiger partial charge < -0.3 is 9.64 Å². The quantitative estimate of drug-likeness (QED) is 0.592. The Balaban J connectivity index is 1.35. The zero-order valence-electron chi connectivity index (χ0n) is 16.5. The lowest BCUT2D eigenvalue weighted by Gasteiger charge is -2.17. The fourth-order valence-corrected chi connectivity index (χ4v) is 3.40. The van der Waals surface area contributed by atoms with E-state index in [1.165, 1.54) is 0 Å². The van der Waals surface area contributed by atoms with E-state index in [1.807, 2.05) is 84.9 Å². The Morgan fingerprint density at radius 1 is 0.933 bits per heavy atom. The van der Waals surface area contributed by atoms with E-state index in [2.05, 4.69) is 10.9 Å². The summed E-state index contributed by atoms with van der Waals surface area (Å²) >= 11 is 0. The third kappa shape index (κ3) is 4.60. The minimum atomic E-state index is -0.414. The first-order valence-corrected chi connectivity index (χ1v) is 9.88. The van der Waals surface area contributed by atoms with Gasteiger partial charge in [-0.05, 0) is 29.8 Å². The van der Waals surface area contributed by atoms with E-state index >= 15 is 0 Å². The lowest BCUT2D eigenvalue weighted by atomic mass is 10.1. The average molecular weight is 401 g/mol. The van der Waals surface area contributed by atoms with Crippen molar-refractivity contribution in [3.05, 3.63) is 90.5 Å². The summed E-state index contributed by atoms with van der Waals surface area (Å²) in [6.45, 7) is 0.791. The van der Waals surface area contributed by atoms with E-state index < -0.39 is 5.92 Å². The van der Waals surface area contributed by atoms with Crippen LogP contribution in [0.5, 0.6) is 5.75 Å². The zero-order chi connectivity index (χ0) is 20.8. The van der Waals surface area contributed by atoms with Gasteiger partial charge >= 0.3 is 0 Å². The van der Waals surface area contributed by atoms with Crippen LogP contribution >= 0.6 is 0 Å². The number of rotatable bonds is 7. The number of hydrogen-bond donors (Lipinski definition) is 2. The zero-order valence-corrected chi connectivity index (χ0v) is 16.5. The van der Waals surface area contributed by atoms with Gasteiger partial charge in [0.1, 0.15) is 12.4 Å². The van der Waals surface area contributed by atoms with Gasteiger partial charge in [-0.3, -0.25) is 20.4 Å². The van der Waals surface area contributed by atoms with E-state index in [0.717, 1.165) is 11.3 Å². The summed E-state index contributed by atoms with van der Waals surface area (Å²) in [7, 11) is 0. The third-order valence-electron chi connectivity index (χ3n) is 5.01. The van der Waals surface area contributed by atoms with Crippen LogP contribution in [0.25, 0.3) is 0 Å². The normalized spacial score (nSPS) is 15.7. The first-order chi connectivity index (χ1) is 14.7. The number of carbonyl (C=O) groups excluding carboxylic acids is 2. The van der Waals surface area contributed by atoms with Crippen LogP contribution in [0.1, 0.15) is 12.0 Å². The molecule has 6 nitrogen and oxygen atoms in total. The summed E-state index contributed by atoms with van der Waals surface area (Å²) in [6.07, 6.45) is 0.189. The van der Waals surface area contributed by atoms with Crippen LogP contribution in [0.3, 0.4) is 0 Å². The number of benzene rings is 3. The van der Waals surface area contributed by atoms with E-state index in [9.17, 15) is 9.59 Å². The van der Waals surface area contributed by atoms with Gasteiger partial charge in [0, 0.05) is 18.7 Å². The Labute approximate surface area is 175 Å². The molecule has 1 heterocycles. The Bertz CT molecular complexity index is 1010. The summed E-state index contributed by atoms with van der Waals surface area (Å²) in [6, 6.07) is 26.7. The van der Waals surface area contributed by atoms with Gasteiger partial charge in [-0.1, -0.05) is 60.7 Å². The Morgan fingerprint density at radius 2 is 1.60 bits per heavy atom. The molecule has 2 N–H and O–H groups in total. The fraction of sp³-hybridized carbons (Fsp3) is 0.167. The monoisotopic (exact) mass is 401 g/mol. The molecule has 1 aliphatic rings. The lowest BCUT2D eigenvalue weighted by molar-refractivity contribution is -0.125. The number of ether oxygens (including phenoxy) is 1. The van der Waals surface area contributed by atoms with E-state index in [-0.39, 0.29) is 18.2 Å². The summed E-state index contributed by atoms with van der Waals surface area (Å²) in [5.41, 5.74) is 8.19. The minimum absolute atomic E-state index is 0.0482. The number of amides is 2. The van der Waals surface area contributed by atoms with Crippen molar-refractivity contribution in [3.8, 4) is 5.75 Å². The number of hydrogen-bond acceptors (Lipinski definition) is 4. The van der Waals surface area contributed by atoms with Crippen molar-refractivity contribution in [2.24, 2.45) is 5.92 Å². The van der Waals surface area contributed by atoms with E-state index in [4.69, 9.17) is 4.74 Å². The van der Waals surface area contributed by atoms with Crippen LogP contribution in [0.2, 0.25) is 0 Å². The van der Waals surface area contributed by atoms with Crippen molar-refractivity contribution in [2.75, 3.05) is 16.9 Å². The highest BCUT2D eigenvalue weighted by molar-refractivity contribution is 6.00. The van der Waals surface area contributed by atoms with E-state index in [1.54, 1.807) is 4.90 Å². The highest BCUT2D eigenvalue weighted by Crippen LogP contribution is 2.26. The van der Waals surface area contributed by atoms with Gasteiger partial charge in [-0.15, -0.1) is 0 Å². The topological polar surface area (TPSA) is 70.7 Å². The first kappa shape index (κ1) is 19.5. The molecule has 0 aliphatic carbocycles. The summed E-state index contributed by atoms with van der Waals surface area (Å²) < 4.78 is 5.90. The number of anilines is 2. The largest absolute Gasteiger partial charge is 0.487 e. The van der Waals surface area contributed by atoms with Crippen molar-refractivity contribution >= 4 is 23.2 Å². The van der Waals surface area contributed by atoms with Crippen molar-refractivity contribution in [3.63, 3.8) is 0 Å². The van der Waals surface area contributed by atoms with Crippen molar-refractivity contribution in [1.29, 1.82) is 0 Å². The maximum absolute atomic E-state index is 12.6. The molecule has 152 valence electrons. The van der Waals surface area contributed by atoms with Crippen LogP contribution in [-0.4, -0.2) is 18.4 Å². The second kappa shape index (κ2) is 9.13. The molecule has 30 heavy (non-hydrogen) atoms. The molecular formula is C24H23N3O3. The molecule has 0 radical (unpaired) electrons. The predicted molar refractivity (Wildman–Crippen MR) is 116 cm³/mol. The summed E-state index contributed by atoms with van der Waals surface area (Å²) in [4.78, 5) is 26.6. The number of para-hydroxylation sites is 3. The van der Waals surface area contributed by atoms with Crippen LogP contribution in [0, 0.1) is 5.92 Å². The van der Waals surface area contributed by atoms with Crippen LogP contribution in [-0.2, 0) is 16.2 Å². The summed E-state index contributed by atoms with van der Waals surface area (Å²) in [5.74, 6) is -0.0507. The molecule has 0 spiro atoms. The predicted octanol–water partition coefficient (Wildman–Crippen LogP) is 3.76. The SMILES string of the molecule is O=C(NNc1ccccc1OCc1ccccc1)[C@@H]1CC(=O)N(c2ccccc2)C1. The maximum Gasteiger partial charge on any atom is 0.243 e. The van der Waals surface area contributed by atoms with Gasteiger partial charge in [0.25, 0.3) is 0 Å². The van der Waals surface area contributed by atoms with Gasteiger partial charge in [-0.25, -0.2) is 0 Å². The molecule has 6 heteroatoms. The molecular weight excluding hydrogens is 378 g/mol. The highest BCUT2D eigenvalue weighted by atomic mass is 16.5. The number of nitrogens with zero attached hydrogens (tertiary/aromatic N) is 1. The second-order valence-electron chi connectivity index (χ2n) is 7.13. The molecule has 1 aliphatic heterocycles. The van der Waals surface area contributed by atoms with Crippen molar-refractivity contribution in [2.45, 2.75) is 13.0 Å². The van der Waals surface area contributed by atoms with Gasteiger partial charge in [-0.2, -0.15) is 0 Å². The van der Waals surface area contributed by atoms with E-state index in [0.29, 0.717) is 24.6 Å². The Kier molecular flexibility index (Phi) is 5.94. The molecule has 0 aromatic heterocycles. The molecule has 0 bridgehead atoms. The molecule has 1 fully saturated rings. The lowest BCUT2D eigenvalue weighted by Crippen LogP contribution is -2.36. The van der Waals surface area contributed by atoms with Crippen LogP contribution in [0.15, 0.2) is 84.9 Å². The Morgan fingerprint density at radius 3 is 2.37 bits per heavy atom. The molecule has 2 amide bonds. The molecule has 0 saturated carbocycles. The Hall–Kier alpha value is -3.80. The van der Waals surface area contributed by atoms with Gasteiger partial charge in [0.05, 0.1) is 11.6 Å². The molecule has 0 unspecified atom stereocenters. The van der Waals surface area contributed by atoms with Crippen LogP contribution in [0.4, 0.5) is 11.4 Å².